The third-order valence-electron chi connectivity index (χ3n) is 1.71. The van der Waals surface area contributed by atoms with E-state index in [0.717, 1.165) is 12.1 Å². The van der Waals surface area contributed by atoms with Gasteiger partial charge in [0.05, 0.1) is 5.56 Å². The highest BCUT2D eigenvalue weighted by atomic mass is 32.2. The molecule has 0 aliphatic heterocycles. The molecule has 2 nitrogen and oxygen atoms in total. The fourth-order valence-corrected chi connectivity index (χ4v) is 1.42. The number of alkyl halides is 3. The van der Waals surface area contributed by atoms with Crippen molar-refractivity contribution in [3.63, 3.8) is 0 Å². The Hall–Kier alpha value is -1.17. The standard InChI is InChI=1S/C9H7F3O2S/c1-15-5-2-3-6(7(13)4-5)8(14)9(10,11)12/h2-4,13H,1H3. The van der Waals surface area contributed by atoms with Gasteiger partial charge in [-0.15, -0.1) is 11.8 Å². The molecule has 1 N–H and O–H groups in total. The number of phenolic OH excluding ortho intramolecular Hbond substituents is 1. The van der Waals surface area contributed by atoms with E-state index < -0.39 is 23.3 Å². The summed E-state index contributed by atoms with van der Waals surface area (Å²) >= 11 is 1.26. The highest BCUT2D eigenvalue weighted by Gasteiger charge is 2.40. The number of benzene rings is 1. The number of hydrogen-bond donors (Lipinski definition) is 1. The SMILES string of the molecule is CSc1ccc(C(=O)C(F)(F)F)c(O)c1. The molecule has 0 atom stereocenters. The lowest BCUT2D eigenvalue weighted by Crippen LogP contribution is -2.22. The normalized spacial score (nSPS) is 11.5. The smallest absolute Gasteiger partial charge is 0.455 e. The Morgan fingerprint density at radius 3 is 2.40 bits per heavy atom. The number of ketones is 1. The predicted octanol–water partition coefficient (Wildman–Crippen LogP) is 2.86. The van der Waals surface area contributed by atoms with Gasteiger partial charge in [-0.25, -0.2) is 0 Å². The first-order chi connectivity index (χ1) is 6.86. The molecular weight excluding hydrogens is 229 g/mol. The number of Topliss-reactive ketones (excluding diaryl/α,β-unsaturated/α-hetero) is 1. The van der Waals surface area contributed by atoms with Gasteiger partial charge in [-0.2, -0.15) is 13.2 Å². The third kappa shape index (κ3) is 2.65. The van der Waals surface area contributed by atoms with Crippen LogP contribution < -0.4 is 0 Å². The maximum Gasteiger partial charge on any atom is 0.455 e. The number of hydrogen-bond acceptors (Lipinski definition) is 3. The van der Waals surface area contributed by atoms with Crippen molar-refractivity contribution < 1.29 is 23.1 Å². The molecule has 0 aliphatic rings. The lowest BCUT2D eigenvalue weighted by Gasteiger charge is -2.07. The van der Waals surface area contributed by atoms with Crippen molar-refractivity contribution in [3.8, 4) is 5.75 Å². The Labute approximate surface area is 88.1 Å². The van der Waals surface area contributed by atoms with Crippen molar-refractivity contribution in [1.82, 2.24) is 0 Å². The molecule has 0 radical (unpaired) electrons. The summed E-state index contributed by atoms with van der Waals surface area (Å²) in [7, 11) is 0. The summed E-state index contributed by atoms with van der Waals surface area (Å²) in [5.41, 5.74) is -0.722. The monoisotopic (exact) mass is 236 g/mol. The van der Waals surface area contributed by atoms with Gasteiger partial charge in [0, 0.05) is 4.90 Å². The molecule has 0 bridgehead atoms. The summed E-state index contributed by atoms with van der Waals surface area (Å²) in [4.78, 5) is 11.4. The molecule has 0 heterocycles. The first-order valence-electron chi connectivity index (χ1n) is 3.85. The fraction of sp³-hybridized carbons (Fsp3) is 0.222. The van der Waals surface area contributed by atoms with E-state index in [1.54, 1.807) is 6.26 Å². The average Bonchev–Trinajstić information content (AvgIpc) is 2.15. The van der Waals surface area contributed by atoms with Crippen molar-refractivity contribution in [3.05, 3.63) is 23.8 Å². The van der Waals surface area contributed by atoms with Gasteiger partial charge in [-0.3, -0.25) is 4.79 Å². The quantitative estimate of drug-likeness (QED) is 0.633. The molecule has 15 heavy (non-hydrogen) atoms. The highest BCUT2D eigenvalue weighted by molar-refractivity contribution is 7.98. The van der Waals surface area contributed by atoms with E-state index in [1.807, 2.05) is 0 Å². The van der Waals surface area contributed by atoms with Crippen LogP contribution in [-0.4, -0.2) is 23.3 Å². The van der Waals surface area contributed by atoms with E-state index in [0.29, 0.717) is 4.90 Å². The molecule has 6 heteroatoms. The van der Waals surface area contributed by atoms with Crippen LogP contribution in [0, 0.1) is 0 Å². The van der Waals surface area contributed by atoms with Gasteiger partial charge >= 0.3 is 6.18 Å². The summed E-state index contributed by atoms with van der Waals surface area (Å²) in [6.07, 6.45) is -3.25. The van der Waals surface area contributed by atoms with Crippen molar-refractivity contribution >= 4 is 17.5 Å². The predicted molar refractivity (Wildman–Crippen MR) is 50.3 cm³/mol. The lowest BCUT2D eigenvalue weighted by atomic mass is 10.1. The number of aromatic hydroxyl groups is 1. The molecule has 0 saturated carbocycles. The van der Waals surface area contributed by atoms with E-state index >= 15 is 0 Å². The van der Waals surface area contributed by atoms with E-state index in [1.165, 1.54) is 17.8 Å². The zero-order valence-corrected chi connectivity index (χ0v) is 8.45. The van der Waals surface area contributed by atoms with Gasteiger partial charge in [-0.1, -0.05) is 0 Å². The van der Waals surface area contributed by atoms with Crippen molar-refractivity contribution in [1.29, 1.82) is 0 Å². The number of thioether (sulfide) groups is 1. The van der Waals surface area contributed by atoms with Crippen LogP contribution in [0.15, 0.2) is 23.1 Å². The number of phenols is 1. The molecule has 0 aliphatic carbocycles. The Morgan fingerprint density at radius 1 is 1.40 bits per heavy atom. The molecule has 1 aromatic carbocycles. The minimum Gasteiger partial charge on any atom is -0.507 e. The molecule has 0 unspecified atom stereocenters. The van der Waals surface area contributed by atoms with Gasteiger partial charge in [-0.05, 0) is 24.5 Å². The van der Waals surface area contributed by atoms with Gasteiger partial charge in [0.2, 0.25) is 0 Å². The van der Waals surface area contributed by atoms with Crippen molar-refractivity contribution in [2.24, 2.45) is 0 Å². The lowest BCUT2D eigenvalue weighted by molar-refractivity contribution is -0.0886. The van der Waals surface area contributed by atoms with Crippen LogP contribution in [0.5, 0.6) is 5.75 Å². The summed E-state index contributed by atoms with van der Waals surface area (Å²) in [6.45, 7) is 0. The Bertz CT molecular complexity index is 387. The summed E-state index contributed by atoms with van der Waals surface area (Å²) in [5.74, 6) is -2.68. The minimum absolute atomic E-state index is 0.589. The largest absolute Gasteiger partial charge is 0.507 e. The second-order valence-electron chi connectivity index (χ2n) is 2.71. The Balaban J connectivity index is 3.12. The Kier molecular flexibility index (Phi) is 3.28. The number of carbonyl (C=O) groups is 1. The summed E-state index contributed by atoms with van der Waals surface area (Å²) < 4.78 is 36.1. The van der Waals surface area contributed by atoms with Gasteiger partial charge in [0.15, 0.2) is 0 Å². The molecule has 0 fully saturated rings. The second-order valence-corrected chi connectivity index (χ2v) is 3.59. The molecule has 82 valence electrons. The number of halogens is 3. The first-order valence-corrected chi connectivity index (χ1v) is 5.07. The topological polar surface area (TPSA) is 37.3 Å². The van der Waals surface area contributed by atoms with Gasteiger partial charge in [0.1, 0.15) is 5.75 Å². The Morgan fingerprint density at radius 2 is 2.00 bits per heavy atom. The molecular formula is C9H7F3O2S. The maximum absolute atomic E-state index is 12.0. The fourth-order valence-electron chi connectivity index (χ4n) is 0.983. The van der Waals surface area contributed by atoms with Crippen LogP contribution in [-0.2, 0) is 0 Å². The van der Waals surface area contributed by atoms with E-state index in [4.69, 9.17) is 0 Å². The van der Waals surface area contributed by atoms with Crippen LogP contribution in [0.25, 0.3) is 0 Å². The number of carbonyl (C=O) groups excluding carboxylic acids is 1. The average molecular weight is 236 g/mol. The molecule has 1 rings (SSSR count). The van der Waals surface area contributed by atoms with Crippen LogP contribution in [0.4, 0.5) is 13.2 Å². The summed E-state index contributed by atoms with van der Waals surface area (Å²) in [5, 5.41) is 9.22. The molecule has 1 aromatic rings. The zero-order valence-electron chi connectivity index (χ0n) is 7.63. The molecule has 0 aromatic heterocycles. The van der Waals surface area contributed by atoms with Crippen LogP contribution in [0.2, 0.25) is 0 Å². The molecule has 0 amide bonds. The second kappa shape index (κ2) is 4.14. The van der Waals surface area contributed by atoms with Gasteiger partial charge in [0.25, 0.3) is 5.78 Å². The first kappa shape index (κ1) is 11.9. The van der Waals surface area contributed by atoms with Crippen molar-refractivity contribution in [2.45, 2.75) is 11.1 Å². The van der Waals surface area contributed by atoms with Gasteiger partial charge < -0.3 is 5.11 Å². The minimum atomic E-state index is -4.96. The van der Waals surface area contributed by atoms with E-state index in [2.05, 4.69) is 0 Å². The highest BCUT2D eigenvalue weighted by Crippen LogP contribution is 2.29. The molecule has 0 saturated heterocycles. The van der Waals surface area contributed by atoms with Crippen LogP contribution in [0.3, 0.4) is 0 Å². The summed E-state index contributed by atoms with van der Waals surface area (Å²) in [6, 6.07) is 3.45. The van der Waals surface area contributed by atoms with E-state index in [-0.39, 0.29) is 0 Å². The van der Waals surface area contributed by atoms with Crippen LogP contribution in [0.1, 0.15) is 10.4 Å². The zero-order chi connectivity index (χ0) is 11.6. The van der Waals surface area contributed by atoms with E-state index in [9.17, 15) is 23.1 Å². The third-order valence-corrected chi connectivity index (χ3v) is 2.43. The number of rotatable bonds is 2. The van der Waals surface area contributed by atoms with Crippen molar-refractivity contribution in [2.75, 3.05) is 6.26 Å². The maximum atomic E-state index is 12.0. The van der Waals surface area contributed by atoms with Crippen LogP contribution >= 0.6 is 11.8 Å². The molecule has 0 spiro atoms.